The van der Waals surface area contributed by atoms with Gasteiger partial charge in [-0.2, -0.15) is 0 Å². The molecule has 0 saturated carbocycles. The van der Waals surface area contributed by atoms with Gasteiger partial charge in [0.2, 0.25) is 0 Å². The Balaban J connectivity index is 1.97. The number of carbonyl (C=O) groups is 1. The molecule has 4 rings (SSSR count). The van der Waals surface area contributed by atoms with Gasteiger partial charge in [-0.15, -0.1) is 0 Å². The maximum Gasteiger partial charge on any atom is 0.356 e. The van der Waals surface area contributed by atoms with E-state index in [-0.39, 0.29) is 5.97 Å². The molecule has 0 aliphatic rings. The van der Waals surface area contributed by atoms with Crippen molar-refractivity contribution in [3.8, 4) is 0 Å². The first kappa shape index (κ1) is 16.3. The van der Waals surface area contributed by atoms with Crippen LogP contribution in [0.2, 0.25) is 0 Å². The highest BCUT2D eigenvalue weighted by atomic mass is 16.5. The highest BCUT2D eigenvalue weighted by Gasteiger charge is 2.18. The third kappa shape index (κ3) is 2.73. The minimum atomic E-state index is -0.377. The van der Waals surface area contributed by atoms with Gasteiger partial charge >= 0.3 is 5.97 Å². The lowest BCUT2D eigenvalue weighted by Crippen LogP contribution is -2.09. The number of hydrogen-bond donors (Lipinski definition) is 0. The number of rotatable bonds is 4. The van der Waals surface area contributed by atoms with Crippen molar-refractivity contribution < 1.29 is 9.53 Å². The number of hydrogen-bond acceptors (Lipinski definition) is 3. The SMILES string of the molecule is CCOC(=O)c1cc2c3ccccc3n(Cc3ccccc3)c2c(C)n1. The molecule has 0 atom stereocenters. The molecule has 2 aromatic heterocycles. The van der Waals surface area contributed by atoms with Crippen molar-refractivity contribution in [2.45, 2.75) is 20.4 Å². The molecule has 0 amide bonds. The molecule has 2 aromatic carbocycles. The fraction of sp³-hybridized carbons (Fsp3) is 0.182. The van der Waals surface area contributed by atoms with Crippen molar-refractivity contribution in [1.29, 1.82) is 0 Å². The summed E-state index contributed by atoms with van der Waals surface area (Å²) < 4.78 is 7.41. The molecule has 0 aliphatic carbocycles. The van der Waals surface area contributed by atoms with Crippen LogP contribution in [0.15, 0.2) is 60.7 Å². The molecule has 0 bridgehead atoms. The van der Waals surface area contributed by atoms with Gasteiger partial charge in [-0.05, 0) is 31.5 Å². The molecule has 4 nitrogen and oxygen atoms in total. The minimum absolute atomic E-state index is 0.341. The van der Waals surface area contributed by atoms with Crippen molar-refractivity contribution >= 4 is 27.8 Å². The summed E-state index contributed by atoms with van der Waals surface area (Å²) in [5.41, 5.74) is 4.61. The number of para-hydroxylation sites is 1. The molecule has 26 heavy (non-hydrogen) atoms. The molecule has 0 saturated heterocycles. The van der Waals surface area contributed by atoms with Crippen molar-refractivity contribution in [3.05, 3.63) is 77.6 Å². The van der Waals surface area contributed by atoms with Gasteiger partial charge in [0.15, 0.2) is 0 Å². The Hall–Kier alpha value is -3.14. The topological polar surface area (TPSA) is 44.1 Å². The summed E-state index contributed by atoms with van der Waals surface area (Å²) in [5, 5.41) is 2.15. The van der Waals surface area contributed by atoms with Gasteiger partial charge in [-0.25, -0.2) is 9.78 Å². The maximum absolute atomic E-state index is 12.2. The standard InChI is InChI=1S/C22H20N2O2/c1-3-26-22(25)19-13-18-17-11-7-8-12-20(17)24(21(18)15(2)23-19)14-16-9-5-4-6-10-16/h4-13H,3,14H2,1-2H3. The molecule has 4 heteroatoms. The molecule has 0 spiro atoms. The summed E-state index contributed by atoms with van der Waals surface area (Å²) >= 11 is 0. The van der Waals surface area contributed by atoms with Crippen LogP contribution in [0.5, 0.6) is 0 Å². The molecular weight excluding hydrogens is 324 g/mol. The summed E-state index contributed by atoms with van der Waals surface area (Å²) in [5.74, 6) is -0.377. The minimum Gasteiger partial charge on any atom is -0.461 e. The number of aryl methyl sites for hydroxylation is 1. The number of pyridine rings is 1. The number of nitrogens with zero attached hydrogens (tertiary/aromatic N) is 2. The zero-order valence-electron chi connectivity index (χ0n) is 14.9. The van der Waals surface area contributed by atoms with Gasteiger partial charge in [0.25, 0.3) is 0 Å². The lowest BCUT2D eigenvalue weighted by Gasteiger charge is -2.10. The number of ether oxygens (including phenoxy) is 1. The lowest BCUT2D eigenvalue weighted by atomic mass is 10.1. The van der Waals surface area contributed by atoms with Crippen LogP contribution in [0.3, 0.4) is 0 Å². The van der Waals surface area contributed by atoms with E-state index < -0.39 is 0 Å². The van der Waals surface area contributed by atoms with Crippen LogP contribution < -0.4 is 0 Å². The van der Waals surface area contributed by atoms with E-state index in [0.717, 1.165) is 34.0 Å². The number of benzene rings is 2. The Morgan fingerprint density at radius 1 is 1.04 bits per heavy atom. The zero-order chi connectivity index (χ0) is 18.1. The molecule has 130 valence electrons. The van der Waals surface area contributed by atoms with Crippen LogP contribution in [0.4, 0.5) is 0 Å². The summed E-state index contributed by atoms with van der Waals surface area (Å²) in [6.45, 7) is 4.85. The van der Waals surface area contributed by atoms with E-state index in [9.17, 15) is 4.79 Å². The highest BCUT2D eigenvalue weighted by Crippen LogP contribution is 2.31. The predicted octanol–water partition coefficient (Wildman–Crippen LogP) is 4.72. The van der Waals surface area contributed by atoms with Gasteiger partial charge in [0.1, 0.15) is 5.69 Å². The lowest BCUT2D eigenvalue weighted by molar-refractivity contribution is 0.0519. The predicted molar refractivity (Wildman–Crippen MR) is 103 cm³/mol. The molecule has 0 N–H and O–H groups in total. The molecule has 0 radical (unpaired) electrons. The van der Waals surface area contributed by atoms with Crippen LogP contribution in [0.1, 0.15) is 28.7 Å². The summed E-state index contributed by atoms with van der Waals surface area (Å²) in [6, 6.07) is 20.5. The smallest absolute Gasteiger partial charge is 0.356 e. The Morgan fingerprint density at radius 2 is 1.77 bits per heavy atom. The second-order valence-corrected chi connectivity index (χ2v) is 6.30. The van der Waals surface area contributed by atoms with E-state index in [0.29, 0.717) is 12.3 Å². The Morgan fingerprint density at radius 3 is 2.54 bits per heavy atom. The molecule has 0 aliphatic heterocycles. The van der Waals surface area contributed by atoms with Crippen molar-refractivity contribution in [3.63, 3.8) is 0 Å². The zero-order valence-corrected chi connectivity index (χ0v) is 14.9. The van der Waals surface area contributed by atoms with Gasteiger partial charge < -0.3 is 9.30 Å². The number of fused-ring (bicyclic) bond motifs is 3. The van der Waals surface area contributed by atoms with E-state index in [1.807, 2.05) is 43.3 Å². The summed E-state index contributed by atoms with van der Waals surface area (Å²) in [4.78, 5) is 16.7. The van der Waals surface area contributed by atoms with Gasteiger partial charge in [0.05, 0.1) is 17.8 Å². The second-order valence-electron chi connectivity index (χ2n) is 6.30. The van der Waals surface area contributed by atoms with Crippen LogP contribution >= 0.6 is 0 Å². The first-order valence-electron chi connectivity index (χ1n) is 8.78. The van der Waals surface area contributed by atoms with E-state index in [1.165, 1.54) is 5.56 Å². The quantitative estimate of drug-likeness (QED) is 0.503. The number of aromatic nitrogens is 2. The van der Waals surface area contributed by atoms with E-state index >= 15 is 0 Å². The second kappa shape index (κ2) is 6.64. The fourth-order valence-corrected chi connectivity index (χ4v) is 3.51. The Kier molecular flexibility index (Phi) is 4.17. The van der Waals surface area contributed by atoms with Crippen molar-refractivity contribution in [1.82, 2.24) is 9.55 Å². The maximum atomic E-state index is 12.2. The average Bonchev–Trinajstić information content (AvgIpc) is 2.97. The Labute approximate surface area is 152 Å². The molecule has 0 fully saturated rings. The van der Waals surface area contributed by atoms with Gasteiger partial charge in [-0.3, -0.25) is 0 Å². The van der Waals surface area contributed by atoms with Crippen LogP contribution in [0, 0.1) is 6.92 Å². The van der Waals surface area contributed by atoms with Crippen molar-refractivity contribution in [2.24, 2.45) is 0 Å². The number of carbonyl (C=O) groups excluding carboxylic acids is 1. The fourth-order valence-electron chi connectivity index (χ4n) is 3.51. The molecule has 4 aromatic rings. The first-order chi connectivity index (χ1) is 12.7. The third-order valence-corrected chi connectivity index (χ3v) is 4.59. The third-order valence-electron chi connectivity index (χ3n) is 4.59. The van der Waals surface area contributed by atoms with E-state index in [1.54, 1.807) is 6.92 Å². The normalized spacial score (nSPS) is 11.2. The molecular formula is C22H20N2O2. The summed E-state index contributed by atoms with van der Waals surface area (Å²) in [7, 11) is 0. The summed E-state index contributed by atoms with van der Waals surface area (Å²) in [6.07, 6.45) is 0. The highest BCUT2D eigenvalue weighted by molar-refractivity contribution is 6.10. The average molecular weight is 344 g/mol. The van der Waals surface area contributed by atoms with E-state index in [2.05, 4.69) is 33.8 Å². The van der Waals surface area contributed by atoms with Crippen LogP contribution in [0.25, 0.3) is 21.8 Å². The van der Waals surface area contributed by atoms with Gasteiger partial charge in [-0.1, -0.05) is 48.5 Å². The largest absolute Gasteiger partial charge is 0.461 e. The van der Waals surface area contributed by atoms with Gasteiger partial charge in [0, 0.05) is 22.8 Å². The monoisotopic (exact) mass is 344 g/mol. The van der Waals surface area contributed by atoms with Crippen LogP contribution in [-0.4, -0.2) is 22.1 Å². The van der Waals surface area contributed by atoms with Crippen molar-refractivity contribution in [2.75, 3.05) is 6.61 Å². The molecule has 0 unspecified atom stereocenters. The van der Waals surface area contributed by atoms with E-state index in [4.69, 9.17) is 4.74 Å². The Bertz CT molecular complexity index is 1100. The molecule has 2 heterocycles. The van der Waals surface area contributed by atoms with Crippen LogP contribution in [-0.2, 0) is 11.3 Å². The number of esters is 1. The first-order valence-corrected chi connectivity index (χ1v) is 8.78.